The summed E-state index contributed by atoms with van der Waals surface area (Å²) >= 11 is 0. The number of nitrogens with zero attached hydrogens (tertiary/aromatic N) is 5. The normalized spacial score (nSPS) is 18.7. The summed E-state index contributed by atoms with van der Waals surface area (Å²) in [7, 11) is 0. The number of carbonyl (C=O) groups is 2. The van der Waals surface area contributed by atoms with Crippen LogP contribution in [-0.2, 0) is 4.79 Å². The van der Waals surface area contributed by atoms with Crippen LogP contribution in [0.25, 0.3) is 5.69 Å². The molecule has 2 aromatic rings. The highest BCUT2D eigenvalue weighted by atomic mass is 16.2. The Morgan fingerprint density at radius 3 is 2.14 bits per heavy atom. The van der Waals surface area contributed by atoms with E-state index in [2.05, 4.69) is 15.0 Å². The van der Waals surface area contributed by atoms with Crippen LogP contribution in [0.3, 0.4) is 0 Å². The van der Waals surface area contributed by atoms with E-state index in [1.165, 1.54) is 19.2 Å². The molecule has 0 atom stereocenters. The molecule has 7 nitrogen and oxygen atoms in total. The molecule has 0 bridgehead atoms. The van der Waals surface area contributed by atoms with Gasteiger partial charge in [-0.3, -0.25) is 9.59 Å². The summed E-state index contributed by atoms with van der Waals surface area (Å²) in [5.74, 6) is 0.397. The van der Waals surface area contributed by atoms with Gasteiger partial charge >= 0.3 is 0 Å². The standard InChI is InChI=1S/C21H27N5O2/c27-20(17-5-7-19(8-6-17)26-16-22-15-23-26)25-13-9-18(10-14-25)21(28)24-11-3-1-2-4-12-24/h5-8,15-16,18H,1-4,9-14H2. The third-order valence-electron chi connectivity index (χ3n) is 5.85. The maximum absolute atomic E-state index is 12.8. The Balaban J connectivity index is 1.33. The van der Waals surface area contributed by atoms with Crippen LogP contribution >= 0.6 is 0 Å². The summed E-state index contributed by atoms with van der Waals surface area (Å²) in [5.41, 5.74) is 1.54. The van der Waals surface area contributed by atoms with E-state index in [9.17, 15) is 9.59 Å². The van der Waals surface area contributed by atoms with Crippen LogP contribution in [0.2, 0.25) is 0 Å². The van der Waals surface area contributed by atoms with Gasteiger partial charge in [0.25, 0.3) is 5.91 Å². The molecule has 4 rings (SSSR count). The van der Waals surface area contributed by atoms with E-state index in [4.69, 9.17) is 0 Å². The Hall–Kier alpha value is -2.70. The zero-order valence-corrected chi connectivity index (χ0v) is 16.2. The number of rotatable bonds is 3. The molecule has 0 aliphatic carbocycles. The van der Waals surface area contributed by atoms with Crippen molar-refractivity contribution >= 4 is 11.8 Å². The molecule has 1 aromatic carbocycles. The van der Waals surface area contributed by atoms with Crippen LogP contribution in [0.1, 0.15) is 48.9 Å². The third kappa shape index (κ3) is 4.08. The summed E-state index contributed by atoms with van der Waals surface area (Å²) < 4.78 is 1.66. The van der Waals surface area contributed by atoms with Crippen LogP contribution in [0, 0.1) is 5.92 Å². The Bertz CT molecular complexity index is 787. The molecule has 0 unspecified atom stereocenters. The van der Waals surface area contributed by atoms with Crippen LogP contribution in [0.4, 0.5) is 0 Å². The number of carbonyl (C=O) groups excluding carboxylic acids is 2. The smallest absolute Gasteiger partial charge is 0.253 e. The lowest BCUT2D eigenvalue weighted by molar-refractivity contribution is -0.136. The predicted molar refractivity (Wildman–Crippen MR) is 105 cm³/mol. The molecule has 2 aliphatic rings. The molecule has 28 heavy (non-hydrogen) atoms. The van der Waals surface area contributed by atoms with Crippen molar-refractivity contribution in [2.45, 2.75) is 38.5 Å². The van der Waals surface area contributed by atoms with Crippen LogP contribution in [-0.4, -0.2) is 62.6 Å². The Kier molecular flexibility index (Phi) is 5.69. The molecule has 148 valence electrons. The molecule has 2 saturated heterocycles. The second kappa shape index (κ2) is 8.54. The molecule has 7 heteroatoms. The van der Waals surface area contributed by atoms with E-state index in [-0.39, 0.29) is 11.8 Å². The average molecular weight is 381 g/mol. The first-order valence-electron chi connectivity index (χ1n) is 10.3. The number of benzene rings is 1. The maximum Gasteiger partial charge on any atom is 0.253 e. The molecule has 1 aromatic heterocycles. The number of amides is 2. The molecular weight excluding hydrogens is 354 g/mol. The van der Waals surface area contributed by atoms with Gasteiger partial charge in [0.1, 0.15) is 12.7 Å². The minimum Gasteiger partial charge on any atom is -0.342 e. The van der Waals surface area contributed by atoms with Crippen molar-refractivity contribution < 1.29 is 9.59 Å². The van der Waals surface area contributed by atoms with Gasteiger partial charge in [-0.25, -0.2) is 9.67 Å². The van der Waals surface area contributed by atoms with Crippen molar-refractivity contribution in [2.24, 2.45) is 5.92 Å². The largest absolute Gasteiger partial charge is 0.342 e. The van der Waals surface area contributed by atoms with Gasteiger partial charge in [-0.15, -0.1) is 0 Å². The van der Waals surface area contributed by atoms with Crippen molar-refractivity contribution in [1.29, 1.82) is 0 Å². The van der Waals surface area contributed by atoms with Gasteiger partial charge in [0, 0.05) is 37.7 Å². The topological polar surface area (TPSA) is 71.3 Å². The lowest BCUT2D eigenvalue weighted by Gasteiger charge is -2.34. The molecular formula is C21H27N5O2. The number of likely N-dealkylation sites (tertiary alicyclic amines) is 2. The minimum absolute atomic E-state index is 0.0332. The van der Waals surface area contributed by atoms with Gasteiger partial charge in [0.2, 0.25) is 5.91 Å². The number of piperidine rings is 1. The lowest BCUT2D eigenvalue weighted by Crippen LogP contribution is -2.44. The average Bonchev–Trinajstić information content (AvgIpc) is 3.15. The molecule has 2 aliphatic heterocycles. The summed E-state index contributed by atoms with van der Waals surface area (Å²) in [6, 6.07) is 7.40. The highest BCUT2D eigenvalue weighted by Gasteiger charge is 2.30. The molecule has 2 fully saturated rings. The van der Waals surface area contributed by atoms with E-state index in [0.717, 1.165) is 44.5 Å². The highest BCUT2D eigenvalue weighted by Crippen LogP contribution is 2.23. The van der Waals surface area contributed by atoms with Gasteiger partial charge in [-0.1, -0.05) is 12.8 Å². The monoisotopic (exact) mass is 381 g/mol. The molecule has 3 heterocycles. The zero-order valence-electron chi connectivity index (χ0n) is 16.2. The Labute approximate surface area is 165 Å². The van der Waals surface area contributed by atoms with E-state index in [0.29, 0.717) is 24.6 Å². The van der Waals surface area contributed by atoms with Crippen molar-refractivity contribution in [1.82, 2.24) is 24.6 Å². The van der Waals surface area contributed by atoms with Crippen LogP contribution in [0.5, 0.6) is 0 Å². The van der Waals surface area contributed by atoms with Crippen LogP contribution in [0.15, 0.2) is 36.9 Å². The van der Waals surface area contributed by atoms with E-state index >= 15 is 0 Å². The fraction of sp³-hybridized carbons (Fsp3) is 0.524. The fourth-order valence-corrected chi connectivity index (χ4v) is 4.16. The Morgan fingerprint density at radius 1 is 0.857 bits per heavy atom. The SMILES string of the molecule is O=C(c1ccc(-n2cncn2)cc1)N1CCC(C(=O)N2CCCCCC2)CC1. The van der Waals surface area contributed by atoms with Gasteiger partial charge < -0.3 is 9.80 Å². The first-order valence-corrected chi connectivity index (χ1v) is 10.3. The van der Waals surface area contributed by atoms with Gasteiger partial charge in [0.15, 0.2) is 0 Å². The quantitative estimate of drug-likeness (QED) is 0.819. The van der Waals surface area contributed by atoms with Gasteiger partial charge in [-0.05, 0) is 49.9 Å². The first kappa shape index (κ1) is 18.7. The summed E-state index contributed by atoms with van der Waals surface area (Å²) in [5, 5.41) is 4.09. The molecule has 0 spiro atoms. The fourth-order valence-electron chi connectivity index (χ4n) is 4.16. The molecule has 0 N–H and O–H groups in total. The van der Waals surface area contributed by atoms with E-state index in [1.807, 2.05) is 29.2 Å². The number of hydrogen-bond acceptors (Lipinski definition) is 4. The molecule has 0 radical (unpaired) electrons. The minimum atomic E-state index is 0.0332. The zero-order chi connectivity index (χ0) is 19.3. The second-order valence-electron chi connectivity index (χ2n) is 7.69. The maximum atomic E-state index is 12.8. The van der Waals surface area contributed by atoms with Crippen molar-refractivity contribution in [2.75, 3.05) is 26.2 Å². The summed E-state index contributed by atoms with van der Waals surface area (Å²) in [6.45, 7) is 3.09. The second-order valence-corrected chi connectivity index (χ2v) is 7.69. The van der Waals surface area contributed by atoms with Gasteiger partial charge in [0.05, 0.1) is 5.69 Å². The van der Waals surface area contributed by atoms with Crippen molar-refractivity contribution in [3.63, 3.8) is 0 Å². The Morgan fingerprint density at radius 2 is 1.54 bits per heavy atom. The lowest BCUT2D eigenvalue weighted by atomic mass is 9.94. The van der Waals surface area contributed by atoms with Crippen molar-refractivity contribution in [3.05, 3.63) is 42.5 Å². The van der Waals surface area contributed by atoms with Crippen LogP contribution < -0.4 is 0 Å². The number of hydrogen-bond donors (Lipinski definition) is 0. The summed E-state index contributed by atoms with van der Waals surface area (Å²) in [4.78, 5) is 33.5. The van der Waals surface area contributed by atoms with E-state index in [1.54, 1.807) is 11.0 Å². The van der Waals surface area contributed by atoms with Gasteiger partial charge in [-0.2, -0.15) is 5.10 Å². The van der Waals surface area contributed by atoms with E-state index < -0.39 is 0 Å². The third-order valence-corrected chi connectivity index (χ3v) is 5.85. The first-order chi connectivity index (χ1) is 13.7. The summed E-state index contributed by atoms with van der Waals surface area (Å²) in [6.07, 6.45) is 9.33. The highest BCUT2D eigenvalue weighted by molar-refractivity contribution is 5.94. The van der Waals surface area contributed by atoms with Crippen molar-refractivity contribution in [3.8, 4) is 5.69 Å². The number of aromatic nitrogens is 3. The predicted octanol–water partition coefficient (Wildman–Crippen LogP) is 2.52. The molecule has 2 amide bonds. The molecule has 0 saturated carbocycles.